The van der Waals surface area contributed by atoms with Gasteiger partial charge in [0.15, 0.2) is 0 Å². The van der Waals surface area contributed by atoms with Crippen molar-refractivity contribution in [2.75, 3.05) is 18.1 Å². The fourth-order valence-corrected chi connectivity index (χ4v) is 3.36. The molecule has 23 heavy (non-hydrogen) atoms. The predicted molar refractivity (Wildman–Crippen MR) is 96.8 cm³/mol. The molecule has 0 saturated carbocycles. The summed E-state index contributed by atoms with van der Waals surface area (Å²) in [4.78, 5) is 18.4. The van der Waals surface area contributed by atoms with Gasteiger partial charge in [-0.2, -0.15) is 0 Å². The quantitative estimate of drug-likeness (QED) is 0.507. The number of amides is 1. The molecule has 0 saturated heterocycles. The molecule has 0 unspecified atom stereocenters. The monoisotopic (exact) mass is 337 g/mol. The summed E-state index contributed by atoms with van der Waals surface area (Å²) < 4.78 is 0. The summed E-state index contributed by atoms with van der Waals surface area (Å²) in [5.74, 6) is 1.44. The van der Waals surface area contributed by atoms with Gasteiger partial charge in [0.2, 0.25) is 6.41 Å². The van der Waals surface area contributed by atoms with E-state index in [1.54, 1.807) is 16.7 Å². The summed E-state index contributed by atoms with van der Waals surface area (Å²) in [6.07, 6.45) is 3.61. The zero-order chi connectivity index (χ0) is 17.2. The van der Waals surface area contributed by atoms with Crippen LogP contribution in [0.15, 0.2) is 22.7 Å². The third-order valence-corrected chi connectivity index (χ3v) is 4.91. The van der Waals surface area contributed by atoms with Gasteiger partial charge in [0.1, 0.15) is 5.82 Å². The molecule has 1 aromatic heterocycles. The number of aromatic nitrogens is 1. The number of aliphatic hydroxyl groups excluding tert-OH is 1. The summed E-state index contributed by atoms with van der Waals surface area (Å²) in [6, 6.07) is 3.79. The fourth-order valence-electron chi connectivity index (χ4n) is 2.12. The van der Waals surface area contributed by atoms with Crippen molar-refractivity contribution in [1.29, 1.82) is 0 Å². The van der Waals surface area contributed by atoms with Crippen molar-refractivity contribution in [3.05, 3.63) is 34.0 Å². The van der Waals surface area contributed by atoms with Crippen molar-refractivity contribution >= 4 is 24.0 Å². The average Bonchev–Trinajstić information content (AvgIpc) is 2.53. The van der Waals surface area contributed by atoms with Gasteiger partial charge in [0.05, 0.1) is 6.54 Å². The minimum absolute atomic E-state index is 0.0761. The molecule has 6 heteroatoms. The molecule has 1 heterocycles. The zero-order valence-corrected chi connectivity index (χ0v) is 15.0. The molecule has 5 nitrogen and oxygen atoms in total. The zero-order valence-electron chi connectivity index (χ0n) is 14.2. The van der Waals surface area contributed by atoms with Gasteiger partial charge in [-0.1, -0.05) is 19.4 Å². The largest absolute Gasteiger partial charge is 0.396 e. The topological polar surface area (TPSA) is 79.5 Å². The predicted octanol–water partition coefficient (Wildman–Crippen LogP) is 3.08. The molecule has 0 spiro atoms. The summed E-state index contributed by atoms with van der Waals surface area (Å²) in [7, 11) is 0. The first-order valence-electron chi connectivity index (χ1n) is 7.90. The maximum absolute atomic E-state index is 11.5. The number of pyridine rings is 1. The van der Waals surface area contributed by atoms with Crippen LogP contribution in [-0.4, -0.2) is 33.8 Å². The van der Waals surface area contributed by atoms with Gasteiger partial charge in [-0.25, -0.2) is 4.98 Å². The Morgan fingerprint density at radius 2 is 2.22 bits per heavy atom. The van der Waals surface area contributed by atoms with Gasteiger partial charge >= 0.3 is 0 Å². The molecule has 0 atom stereocenters. The first-order valence-corrected chi connectivity index (χ1v) is 8.89. The molecule has 0 aliphatic carbocycles. The van der Waals surface area contributed by atoms with Gasteiger partial charge in [0, 0.05) is 34.9 Å². The van der Waals surface area contributed by atoms with Crippen LogP contribution in [0.5, 0.6) is 0 Å². The minimum Gasteiger partial charge on any atom is -0.396 e. The van der Waals surface area contributed by atoms with E-state index in [4.69, 9.17) is 5.73 Å². The van der Waals surface area contributed by atoms with Crippen LogP contribution >= 0.6 is 11.8 Å². The van der Waals surface area contributed by atoms with Gasteiger partial charge in [0.25, 0.3) is 0 Å². The molecular weight excluding hydrogens is 310 g/mol. The summed E-state index contributed by atoms with van der Waals surface area (Å²) in [5, 5.41) is 9.28. The SMILES string of the molecule is CCCCSC(CCO)=C(C)N(C=O)Cc1ccc(C)nc1N. The van der Waals surface area contributed by atoms with Gasteiger partial charge in [-0.3, -0.25) is 4.79 Å². The normalized spacial score (nSPS) is 12.0. The maximum atomic E-state index is 11.5. The van der Waals surface area contributed by atoms with Crippen LogP contribution in [0.4, 0.5) is 5.82 Å². The van der Waals surface area contributed by atoms with Crippen LogP contribution in [0.1, 0.15) is 44.4 Å². The molecule has 3 N–H and O–H groups in total. The molecule has 0 radical (unpaired) electrons. The van der Waals surface area contributed by atoms with Crippen LogP contribution in [0, 0.1) is 6.92 Å². The summed E-state index contributed by atoms with van der Waals surface area (Å²) in [6.45, 7) is 6.40. The van der Waals surface area contributed by atoms with Gasteiger partial charge < -0.3 is 15.7 Å². The van der Waals surface area contributed by atoms with E-state index in [1.807, 2.05) is 26.0 Å². The van der Waals surface area contributed by atoms with Crippen LogP contribution in [0.25, 0.3) is 0 Å². The molecule has 0 aromatic carbocycles. The minimum atomic E-state index is 0.0761. The van der Waals surface area contributed by atoms with Crippen LogP contribution in [-0.2, 0) is 11.3 Å². The number of allylic oxidation sites excluding steroid dienone is 1. The Kier molecular flexibility index (Phi) is 8.73. The molecule has 0 bridgehead atoms. The number of hydrogen-bond donors (Lipinski definition) is 2. The number of anilines is 1. The number of nitrogens with two attached hydrogens (primary N) is 1. The third kappa shape index (κ3) is 6.23. The number of carbonyl (C=O) groups is 1. The van der Waals surface area contributed by atoms with E-state index < -0.39 is 0 Å². The maximum Gasteiger partial charge on any atom is 0.214 e. The van der Waals surface area contributed by atoms with E-state index in [0.29, 0.717) is 18.8 Å². The highest BCUT2D eigenvalue weighted by Crippen LogP contribution is 2.27. The Bertz CT molecular complexity index is 547. The van der Waals surface area contributed by atoms with Crippen molar-refractivity contribution in [3.63, 3.8) is 0 Å². The van der Waals surface area contributed by atoms with E-state index >= 15 is 0 Å². The van der Waals surface area contributed by atoms with E-state index in [-0.39, 0.29) is 6.61 Å². The van der Waals surface area contributed by atoms with Crippen molar-refractivity contribution < 1.29 is 9.90 Å². The molecule has 1 aromatic rings. The highest BCUT2D eigenvalue weighted by atomic mass is 32.2. The van der Waals surface area contributed by atoms with E-state index in [9.17, 15) is 9.90 Å². The highest BCUT2D eigenvalue weighted by molar-refractivity contribution is 8.03. The Morgan fingerprint density at radius 1 is 1.48 bits per heavy atom. The Labute approximate surface area is 143 Å². The number of rotatable bonds is 10. The molecule has 1 amide bonds. The standard InChI is InChI=1S/C17H27N3O2S/c1-4-5-10-23-16(8-9-21)14(3)20(12-22)11-15-7-6-13(2)19-17(15)18/h6-7,12,21H,4-5,8-11H2,1-3H3,(H2,18,19). The average molecular weight is 337 g/mol. The van der Waals surface area contributed by atoms with Crippen molar-refractivity contribution in [1.82, 2.24) is 9.88 Å². The van der Waals surface area contributed by atoms with Gasteiger partial charge in [-0.15, -0.1) is 11.8 Å². The first-order chi connectivity index (χ1) is 11.0. The molecule has 0 aliphatic heterocycles. The number of thioether (sulfide) groups is 1. The fraction of sp³-hybridized carbons (Fsp3) is 0.529. The molecular formula is C17H27N3O2S. The Balaban J connectivity index is 2.94. The second-order valence-corrected chi connectivity index (χ2v) is 6.60. The Hall–Kier alpha value is -1.53. The van der Waals surface area contributed by atoms with Crippen LogP contribution in [0.3, 0.4) is 0 Å². The van der Waals surface area contributed by atoms with Crippen molar-refractivity contribution in [2.24, 2.45) is 0 Å². The lowest BCUT2D eigenvalue weighted by Gasteiger charge is -2.22. The molecule has 1 rings (SSSR count). The lowest BCUT2D eigenvalue weighted by Crippen LogP contribution is -2.21. The number of aliphatic hydroxyl groups is 1. The van der Waals surface area contributed by atoms with E-state index in [0.717, 1.165) is 46.9 Å². The Morgan fingerprint density at radius 3 is 2.78 bits per heavy atom. The highest BCUT2D eigenvalue weighted by Gasteiger charge is 2.13. The lowest BCUT2D eigenvalue weighted by atomic mass is 10.2. The van der Waals surface area contributed by atoms with E-state index in [1.165, 1.54) is 0 Å². The van der Waals surface area contributed by atoms with Gasteiger partial charge in [-0.05, 0) is 32.1 Å². The summed E-state index contributed by atoms with van der Waals surface area (Å²) >= 11 is 1.71. The number of aryl methyl sites for hydroxylation is 1. The van der Waals surface area contributed by atoms with Crippen molar-refractivity contribution in [2.45, 2.75) is 46.6 Å². The third-order valence-electron chi connectivity index (χ3n) is 3.57. The molecule has 128 valence electrons. The van der Waals surface area contributed by atoms with Crippen LogP contribution < -0.4 is 5.73 Å². The number of unbranched alkanes of at least 4 members (excludes halogenated alkanes) is 1. The smallest absolute Gasteiger partial charge is 0.214 e. The van der Waals surface area contributed by atoms with Crippen molar-refractivity contribution in [3.8, 4) is 0 Å². The number of nitrogen functional groups attached to an aromatic ring is 1. The number of nitrogens with zero attached hydrogens (tertiary/aromatic N) is 2. The first kappa shape index (κ1) is 19.5. The lowest BCUT2D eigenvalue weighted by molar-refractivity contribution is -0.116. The molecule has 0 aliphatic rings. The summed E-state index contributed by atoms with van der Waals surface area (Å²) in [5.41, 5.74) is 8.49. The van der Waals surface area contributed by atoms with E-state index in [2.05, 4.69) is 11.9 Å². The molecule has 0 fully saturated rings. The number of carbonyl (C=O) groups excluding carboxylic acids is 1. The second kappa shape index (κ2) is 10.3. The van der Waals surface area contributed by atoms with Crippen LogP contribution in [0.2, 0.25) is 0 Å². The second-order valence-electron chi connectivity index (χ2n) is 5.41. The number of hydrogen-bond acceptors (Lipinski definition) is 5.